The molecule has 0 unspecified atom stereocenters. The Labute approximate surface area is 122 Å². The van der Waals surface area contributed by atoms with Gasteiger partial charge < -0.3 is 10.6 Å². The fourth-order valence-corrected chi connectivity index (χ4v) is 2.05. The number of carbonyl (C=O) groups is 1. The number of carbonyl (C=O) groups excluding carboxylic acids is 1. The van der Waals surface area contributed by atoms with Crippen molar-refractivity contribution in [3.05, 3.63) is 46.7 Å². The van der Waals surface area contributed by atoms with Gasteiger partial charge in [0.05, 0.1) is 17.8 Å². The smallest absolute Gasteiger partial charge is 0.212 e. The molecule has 20 heavy (non-hydrogen) atoms. The number of rotatable bonds is 5. The minimum absolute atomic E-state index is 0.147. The minimum atomic E-state index is -0.147. The first kappa shape index (κ1) is 14.6. The fourth-order valence-electron chi connectivity index (χ4n) is 1.82. The predicted molar refractivity (Wildman–Crippen MR) is 80.1 cm³/mol. The summed E-state index contributed by atoms with van der Waals surface area (Å²) in [6.45, 7) is 1.38. The van der Waals surface area contributed by atoms with Crippen molar-refractivity contribution in [2.45, 2.75) is 6.54 Å². The van der Waals surface area contributed by atoms with Gasteiger partial charge in [0.15, 0.2) is 0 Å². The van der Waals surface area contributed by atoms with Gasteiger partial charge in [-0.25, -0.2) is 0 Å². The SMILES string of the molecule is CN(C)CCn1ncc(Cl)c1C(=O)c1ccc(N)cc1. The number of anilines is 1. The molecular formula is C14H17ClN4O. The summed E-state index contributed by atoms with van der Waals surface area (Å²) in [5, 5.41) is 4.53. The normalized spacial score (nSPS) is 11.0. The molecule has 106 valence electrons. The molecule has 0 amide bonds. The topological polar surface area (TPSA) is 64.2 Å². The van der Waals surface area contributed by atoms with E-state index in [0.29, 0.717) is 28.5 Å². The van der Waals surface area contributed by atoms with Crippen LogP contribution in [0.25, 0.3) is 0 Å². The molecule has 2 N–H and O–H groups in total. The average Bonchev–Trinajstić information content (AvgIpc) is 2.77. The number of halogens is 1. The lowest BCUT2D eigenvalue weighted by molar-refractivity contribution is 0.102. The van der Waals surface area contributed by atoms with E-state index in [4.69, 9.17) is 17.3 Å². The number of hydrogen-bond donors (Lipinski definition) is 1. The Morgan fingerprint density at radius 3 is 2.60 bits per heavy atom. The number of nitrogen functional groups attached to an aromatic ring is 1. The molecule has 0 spiro atoms. The van der Waals surface area contributed by atoms with E-state index in [-0.39, 0.29) is 5.78 Å². The molecule has 2 aromatic rings. The lowest BCUT2D eigenvalue weighted by Gasteiger charge is -2.11. The quantitative estimate of drug-likeness (QED) is 0.675. The van der Waals surface area contributed by atoms with Crippen LogP contribution in [0.15, 0.2) is 30.5 Å². The summed E-state index contributed by atoms with van der Waals surface area (Å²) in [6.07, 6.45) is 1.50. The largest absolute Gasteiger partial charge is 0.399 e. The third kappa shape index (κ3) is 3.18. The second-order valence-corrected chi connectivity index (χ2v) is 5.23. The third-order valence-electron chi connectivity index (χ3n) is 2.94. The summed E-state index contributed by atoms with van der Waals surface area (Å²) >= 11 is 6.09. The highest BCUT2D eigenvalue weighted by molar-refractivity contribution is 6.34. The molecule has 0 saturated heterocycles. The first-order valence-corrected chi connectivity index (χ1v) is 6.63. The maximum absolute atomic E-state index is 12.5. The minimum Gasteiger partial charge on any atom is -0.399 e. The van der Waals surface area contributed by atoms with Crippen LogP contribution in [-0.4, -0.2) is 41.1 Å². The Balaban J connectivity index is 2.29. The number of benzene rings is 1. The molecule has 6 heteroatoms. The molecule has 5 nitrogen and oxygen atoms in total. The summed E-state index contributed by atoms with van der Waals surface area (Å²) in [7, 11) is 3.93. The molecule has 0 aliphatic heterocycles. The van der Waals surface area contributed by atoms with Gasteiger partial charge in [-0.2, -0.15) is 5.10 Å². The molecule has 1 aromatic carbocycles. The van der Waals surface area contributed by atoms with E-state index in [0.717, 1.165) is 6.54 Å². The highest BCUT2D eigenvalue weighted by Gasteiger charge is 2.19. The molecule has 0 fully saturated rings. The van der Waals surface area contributed by atoms with Gasteiger partial charge in [0, 0.05) is 17.8 Å². The van der Waals surface area contributed by atoms with Gasteiger partial charge in [0.2, 0.25) is 5.78 Å². The highest BCUT2D eigenvalue weighted by Crippen LogP contribution is 2.20. The molecule has 0 aliphatic rings. The number of aromatic nitrogens is 2. The number of nitrogens with two attached hydrogens (primary N) is 1. The zero-order chi connectivity index (χ0) is 14.7. The number of hydrogen-bond acceptors (Lipinski definition) is 4. The van der Waals surface area contributed by atoms with E-state index in [1.165, 1.54) is 6.20 Å². The summed E-state index contributed by atoms with van der Waals surface area (Å²) in [5.74, 6) is -0.147. The van der Waals surface area contributed by atoms with Crippen molar-refractivity contribution >= 4 is 23.1 Å². The molecule has 1 heterocycles. The first-order valence-electron chi connectivity index (χ1n) is 6.25. The van der Waals surface area contributed by atoms with Gasteiger partial charge in [0.25, 0.3) is 0 Å². The van der Waals surface area contributed by atoms with Gasteiger partial charge >= 0.3 is 0 Å². The first-order chi connectivity index (χ1) is 9.49. The van der Waals surface area contributed by atoms with Crippen molar-refractivity contribution in [3.63, 3.8) is 0 Å². The van der Waals surface area contributed by atoms with Crippen molar-refractivity contribution in [1.29, 1.82) is 0 Å². The Kier molecular flexibility index (Phi) is 4.42. The molecular weight excluding hydrogens is 276 g/mol. The monoisotopic (exact) mass is 292 g/mol. The van der Waals surface area contributed by atoms with Crippen molar-refractivity contribution < 1.29 is 4.79 Å². The van der Waals surface area contributed by atoms with Crippen LogP contribution >= 0.6 is 11.6 Å². The van der Waals surface area contributed by atoms with Gasteiger partial charge in [0.1, 0.15) is 5.69 Å². The molecule has 0 atom stereocenters. The van der Waals surface area contributed by atoms with Crippen LogP contribution in [-0.2, 0) is 6.54 Å². The fraction of sp³-hybridized carbons (Fsp3) is 0.286. The molecule has 0 bridgehead atoms. The van der Waals surface area contributed by atoms with Gasteiger partial charge in [-0.05, 0) is 38.4 Å². The van der Waals surface area contributed by atoms with Crippen LogP contribution in [0.1, 0.15) is 16.1 Å². The van der Waals surface area contributed by atoms with Crippen molar-refractivity contribution in [3.8, 4) is 0 Å². The van der Waals surface area contributed by atoms with Crippen LogP contribution in [0.4, 0.5) is 5.69 Å². The average molecular weight is 293 g/mol. The van der Waals surface area contributed by atoms with E-state index in [9.17, 15) is 4.79 Å². The Morgan fingerprint density at radius 2 is 2.00 bits per heavy atom. The molecule has 0 radical (unpaired) electrons. The third-order valence-corrected chi connectivity index (χ3v) is 3.22. The standard InChI is InChI=1S/C14H17ClN4O/c1-18(2)7-8-19-13(12(15)9-17-19)14(20)10-3-5-11(16)6-4-10/h3-6,9H,7-8,16H2,1-2H3. The Bertz CT molecular complexity index is 604. The van der Waals surface area contributed by atoms with Crippen molar-refractivity contribution in [1.82, 2.24) is 14.7 Å². The second kappa shape index (κ2) is 6.07. The van der Waals surface area contributed by atoms with Crippen molar-refractivity contribution in [2.75, 3.05) is 26.4 Å². The van der Waals surface area contributed by atoms with E-state index in [2.05, 4.69) is 5.10 Å². The molecule has 2 rings (SSSR count). The lowest BCUT2D eigenvalue weighted by atomic mass is 10.1. The maximum Gasteiger partial charge on any atom is 0.212 e. The Morgan fingerprint density at radius 1 is 1.35 bits per heavy atom. The van der Waals surface area contributed by atoms with Crippen LogP contribution in [0.2, 0.25) is 5.02 Å². The second-order valence-electron chi connectivity index (χ2n) is 4.82. The van der Waals surface area contributed by atoms with Crippen LogP contribution < -0.4 is 5.73 Å². The van der Waals surface area contributed by atoms with E-state index in [1.54, 1.807) is 28.9 Å². The number of nitrogens with zero attached hydrogens (tertiary/aromatic N) is 3. The highest BCUT2D eigenvalue weighted by atomic mass is 35.5. The summed E-state index contributed by atoms with van der Waals surface area (Å²) < 4.78 is 1.64. The van der Waals surface area contributed by atoms with E-state index in [1.807, 2.05) is 19.0 Å². The lowest BCUT2D eigenvalue weighted by Crippen LogP contribution is -2.21. The summed E-state index contributed by atoms with van der Waals surface area (Å²) in [4.78, 5) is 14.5. The van der Waals surface area contributed by atoms with Crippen LogP contribution in [0, 0.1) is 0 Å². The zero-order valence-corrected chi connectivity index (χ0v) is 12.3. The summed E-state index contributed by atoms with van der Waals surface area (Å²) in [5.41, 5.74) is 7.21. The van der Waals surface area contributed by atoms with Gasteiger partial charge in [-0.3, -0.25) is 9.48 Å². The van der Waals surface area contributed by atoms with E-state index >= 15 is 0 Å². The molecule has 0 aliphatic carbocycles. The maximum atomic E-state index is 12.5. The Hall–Kier alpha value is -1.85. The molecule has 0 saturated carbocycles. The van der Waals surface area contributed by atoms with Crippen LogP contribution in [0.5, 0.6) is 0 Å². The summed E-state index contributed by atoms with van der Waals surface area (Å²) in [6, 6.07) is 6.78. The van der Waals surface area contributed by atoms with E-state index < -0.39 is 0 Å². The molecule has 1 aromatic heterocycles. The number of likely N-dealkylation sites (N-methyl/N-ethyl adjacent to an activating group) is 1. The predicted octanol–water partition coefficient (Wildman–Crippen LogP) is 1.91. The number of ketones is 1. The van der Waals surface area contributed by atoms with Gasteiger partial charge in [-0.15, -0.1) is 0 Å². The van der Waals surface area contributed by atoms with Gasteiger partial charge in [-0.1, -0.05) is 11.6 Å². The zero-order valence-electron chi connectivity index (χ0n) is 11.5. The van der Waals surface area contributed by atoms with Crippen LogP contribution in [0.3, 0.4) is 0 Å². The van der Waals surface area contributed by atoms with Crippen molar-refractivity contribution in [2.24, 2.45) is 0 Å².